The second kappa shape index (κ2) is 7.77. The van der Waals surface area contributed by atoms with Gasteiger partial charge in [0.2, 0.25) is 5.91 Å². The lowest BCUT2D eigenvalue weighted by Gasteiger charge is -2.28. The Kier molecular flexibility index (Phi) is 6.33. The minimum atomic E-state index is -0.423. The first kappa shape index (κ1) is 15.5. The molecule has 19 heavy (non-hydrogen) atoms. The van der Waals surface area contributed by atoms with E-state index in [0.29, 0.717) is 19.3 Å². The van der Waals surface area contributed by atoms with E-state index in [4.69, 9.17) is 4.74 Å². The molecule has 0 spiro atoms. The summed E-state index contributed by atoms with van der Waals surface area (Å²) in [5, 5.41) is 0. The van der Waals surface area contributed by atoms with E-state index in [-0.39, 0.29) is 17.9 Å². The number of likely N-dealkylation sites (tertiary alicyclic amines) is 1. The van der Waals surface area contributed by atoms with Crippen molar-refractivity contribution in [1.29, 1.82) is 0 Å². The van der Waals surface area contributed by atoms with Gasteiger partial charge in [-0.3, -0.25) is 4.79 Å². The molecule has 0 bridgehead atoms. The molecule has 4 heteroatoms. The smallest absolute Gasteiger partial charge is 0.328 e. The van der Waals surface area contributed by atoms with Gasteiger partial charge in [-0.1, -0.05) is 18.2 Å². The highest BCUT2D eigenvalue weighted by atomic mass is 16.5. The second-order valence-corrected chi connectivity index (χ2v) is 4.70. The van der Waals surface area contributed by atoms with Crippen molar-refractivity contribution in [2.45, 2.75) is 51.1 Å². The first-order chi connectivity index (χ1) is 9.15. The lowest BCUT2D eigenvalue weighted by molar-refractivity contribution is -0.152. The van der Waals surface area contributed by atoms with Gasteiger partial charge in [0.05, 0.1) is 7.11 Å². The number of carbonyl (C=O) groups is 2. The number of allylic oxidation sites excluding steroid dienone is 2. The van der Waals surface area contributed by atoms with Crippen molar-refractivity contribution in [1.82, 2.24) is 4.90 Å². The normalized spacial score (nSPS) is 22.7. The molecule has 2 atom stereocenters. The summed E-state index contributed by atoms with van der Waals surface area (Å²) in [7, 11) is 1.37. The number of nitrogens with zero attached hydrogens (tertiary/aromatic N) is 1. The summed E-state index contributed by atoms with van der Waals surface area (Å²) in [4.78, 5) is 25.7. The summed E-state index contributed by atoms with van der Waals surface area (Å²) in [5.41, 5.74) is 0. The standard InChI is InChI=1S/C15H23NO3/c1-4-6-7-9-14(17)16-12(8-5-2)10-11-13(16)15(18)19-3/h4-6,12-13H,2,7-11H2,1,3H3/b6-4+/t12-,13-/m0/s1. The van der Waals surface area contributed by atoms with Crippen LogP contribution in [0.1, 0.15) is 39.0 Å². The van der Waals surface area contributed by atoms with Crippen LogP contribution in [0.2, 0.25) is 0 Å². The molecule has 0 aromatic carbocycles. The maximum Gasteiger partial charge on any atom is 0.328 e. The summed E-state index contributed by atoms with van der Waals surface area (Å²) < 4.78 is 4.79. The number of methoxy groups -OCH3 is 1. The van der Waals surface area contributed by atoms with E-state index >= 15 is 0 Å². The van der Waals surface area contributed by atoms with Crippen molar-refractivity contribution in [2.75, 3.05) is 7.11 Å². The lowest BCUT2D eigenvalue weighted by atomic mass is 10.1. The Bertz CT molecular complexity index is 362. The molecule has 1 rings (SSSR count). The predicted octanol–water partition coefficient (Wildman–Crippen LogP) is 2.45. The Hall–Kier alpha value is -1.58. The fourth-order valence-electron chi connectivity index (χ4n) is 2.55. The highest BCUT2D eigenvalue weighted by Gasteiger charge is 2.40. The summed E-state index contributed by atoms with van der Waals surface area (Å²) in [6.07, 6.45) is 9.08. The Morgan fingerprint density at radius 1 is 1.42 bits per heavy atom. The Balaban J connectivity index is 2.76. The number of carbonyl (C=O) groups excluding carboxylic acids is 2. The number of hydrogen-bond acceptors (Lipinski definition) is 3. The molecule has 1 amide bonds. The molecule has 1 saturated heterocycles. The third kappa shape index (κ3) is 3.94. The zero-order valence-electron chi connectivity index (χ0n) is 11.8. The third-order valence-corrected chi connectivity index (χ3v) is 3.46. The van der Waals surface area contributed by atoms with Gasteiger partial charge in [0.15, 0.2) is 0 Å². The van der Waals surface area contributed by atoms with E-state index in [1.807, 2.05) is 19.1 Å². The lowest BCUT2D eigenvalue weighted by Crippen LogP contribution is -2.45. The number of esters is 1. The Morgan fingerprint density at radius 2 is 2.16 bits per heavy atom. The van der Waals surface area contributed by atoms with E-state index in [9.17, 15) is 9.59 Å². The van der Waals surface area contributed by atoms with Crippen LogP contribution in [-0.4, -0.2) is 36.0 Å². The molecule has 0 aromatic heterocycles. The minimum absolute atomic E-state index is 0.0258. The Labute approximate surface area is 115 Å². The zero-order chi connectivity index (χ0) is 14.3. The van der Waals surface area contributed by atoms with E-state index in [2.05, 4.69) is 6.58 Å². The molecule has 1 fully saturated rings. The topological polar surface area (TPSA) is 46.6 Å². The highest BCUT2D eigenvalue weighted by Crippen LogP contribution is 2.28. The fourth-order valence-corrected chi connectivity index (χ4v) is 2.55. The molecule has 106 valence electrons. The number of hydrogen-bond donors (Lipinski definition) is 0. The van der Waals surface area contributed by atoms with Crippen LogP contribution in [0.5, 0.6) is 0 Å². The van der Waals surface area contributed by atoms with Gasteiger partial charge in [-0.2, -0.15) is 0 Å². The average molecular weight is 265 g/mol. The largest absolute Gasteiger partial charge is 0.467 e. The first-order valence-electron chi connectivity index (χ1n) is 6.76. The third-order valence-electron chi connectivity index (χ3n) is 3.46. The van der Waals surface area contributed by atoms with Crippen molar-refractivity contribution in [2.24, 2.45) is 0 Å². The first-order valence-corrected chi connectivity index (χ1v) is 6.76. The summed E-state index contributed by atoms with van der Waals surface area (Å²) in [6, 6.07) is -0.340. The highest BCUT2D eigenvalue weighted by molar-refractivity contribution is 5.85. The van der Waals surface area contributed by atoms with Crippen molar-refractivity contribution in [3.63, 3.8) is 0 Å². The van der Waals surface area contributed by atoms with Gasteiger partial charge in [-0.25, -0.2) is 4.79 Å². The molecule has 0 unspecified atom stereocenters. The maximum absolute atomic E-state index is 12.3. The van der Waals surface area contributed by atoms with Gasteiger partial charge in [0, 0.05) is 12.5 Å². The van der Waals surface area contributed by atoms with Crippen molar-refractivity contribution in [3.05, 3.63) is 24.8 Å². The van der Waals surface area contributed by atoms with Gasteiger partial charge in [0.1, 0.15) is 6.04 Å². The van der Waals surface area contributed by atoms with Crippen LogP contribution in [0.4, 0.5) is 0 Å². The molecule has 0 N–H and O–H groups in total. The van der Waals surface area contributed by atoms with Crippen LogP contribution in [-0.2, 0) is 14.3 Å². The molecule has 0 saturated carbocycles. The van der Waals surface area contributed by atoms with Gasteiger partial charge in [0.25, 0.3) is 0 Å². The second-order valence-electron chi connectivity index (χ2n) is 4.70. The van der Waals surface area contributed by atoms with Crippen LogP contribution in [0.3, 0.4) is 0 Å². The fraction of sp³-hybridized carbons (Fsp3) is 0.600. The SMILES string of the molecule is C=CC[C@H]1CC[C@@H](C(=O)OC)N1C(=O)CC/C=C/C. The van der Waals surface area contributed by atoms with Crippen molar-refractivity contribution < 1.29 is 14.3 Å². The molecule has 0 radical (unpaired) electrons. The molecule has 1 heterocycles. The van der Waals surface area contributed by atoms with E-state index in [1.165, 1.54) is 7.11 Å². The van der Waals surface area contributed by atoms with E-state index in [1.54, 1.807) is 11.0 Å². The molecule has 0 aliphatic carbocycles. The van der Waals surface area contributed by atoms with E-state index < -0.39 is 6.04 Å². The molecule has 4 nitrogen and oxygen atoms in total. The van der Waals surface area contributed by atoms with Crippen LogP contribution >= 0.6 is 0 Å². The monoisotopic (exact) mass is 265 g/mol. The van der Waals surface area contributed by atoms with Crippen molar-refractivity contribution >= 4 is 11.9 Å². The van der Waals surface area contributed by atoms with Crippen LogP contribution in [0.25, 0.3) is 0 Å². The summed E-state index contributed by atoms with van der Waals surface area (Å²) >= 11 is 0. The van der Waals surface area contributed by atoms with Crippen molar-refractivity contribution in [3.8, 4) is 0 Å². The van der Waals surface area contributed by atoms with Gasteiger partial charge >= 0.3 is 5.97 Å². The molecule has 1 aliphatic heterocycles. The quantitative estimate of drug-likeness (QED) is 0.547. The molecule has 0 aromatic rings. The van der Waals surface area contributed by atoms with Crippen LogP contribution in [0.15, 0.2) is 24.8 Å². The van der Waals surface area contributed by atoms with Gasteiger partial charge in [-0.15, -0.1) is 6.58 Å². The molecular weight excluding hydrogens is 242 g/mol. The molecule has 1 aliphatic rings. The number of rotatable bonds is 6. The number of amides is 1. The van der Waals surface area contributed by atoms with Crippen LogP contribution in [0, 0.1) is 0 Å². The summed E-state index contributed by atoms with van der Waals surface area (Å²) in [5.74, 6) is -0.288. The average Bonchev–Trinajstić information content (AvgIpc) is 2.82. The molecular formula is C15H23NO3. The summed E-state index contributed by atoms with van der Waals surface area (Å²) in [6.45, 7) is 5.65. The predicted molar refractivity (Wildman–Crippen MR) is 74.5 cm³/mol. The zero-order valence-corrected chi connectivity index (χ0v) is 11.8. The van der Waals surface area contributed by atoms with Crippen LogP contribution < -0.4 is 0 Å². The van der Waals surface area contributed by atoms with Gasteiger partial charge in [-0.05, 0) is 32.6 Å². The number of ether oxygens (including phenoxy) is 1. The van der Waals surface area contributed by atoms with E-state index in [0.717, 1.165) is 12.8 Å². The minimum Gasteiger partial charge on any atom is -0.467 e. The maximum atomic E-state index is 12.3. The van der Waals surface area contributed by atoms with Gasteiger partial charge < -0.3 is 9.64 Å². The Morgan fingerprint density at radius 3 is 2.74 bits per heavy atom.